The number of hydrogen-bond donors (Lipinski definition) is 1. The second kappa shape index (κ2) is 6.81. The highest BCUT2D eigenvalue weighted by Gasteiger charge is 2.25. The lowest BCUT2D eigenvalue weighted by atomic mass is 10.1. The molecule has 1 N–H and O–H groups in total. The van der Waals surface area contributed by atoms with Crippen molar-refractivity contribution in [3.63, 3.8) is 0 Å². The average molecular weight is 280 g/mol. The number of nitrogens with zero attached hydrogens (tertiary/aromatic N) is 1. The van der Waals surface area contributed by atoms with Crippen molar-refractivity contribution in [1.29, 1.82) is 0 Å². The van der Waals surface area contributed by atoms with E-state index in [9.17, 15) is 9.18 Å². The minimum Gasteiger partial charge on any atom is -0.370 e. The van der Waals surface area contributed by atoms with Gasteiger partial charge in [0.05, 0.1) is 19.7 Å². The number of nitrogens with one attached hydrogen (secondary N) is 1. The minimum atomic E-state index is -0.265. The van der Waals surface area contributed by atoms with Gasteiger partial charge >= 0.3 is 0 Å². The molecule has 0 bridgehead atoms. The van der Waals surface area contributed by atoms with Crippen LogP contribution in [0.3, 0.4) is 0 Å². The summed E-state index contributed by atoms with van der Waals surface area (Å²) in [6.45, 7) is 5.99. The van der Waals surface area contributed by atoms with Crippen LogP contribution >= 0.6 is 0 Å². The maximum absolute atomic E-state index is 12.9. The fourth-order valence-electron chi connectivity index (χ4n) is 2.16. The van der Waals surface area contributed by atoms with Gasteiger partial charge in [0.25, 0.3) is 0 Å². The number of morpholine rings is 1. The number of benzene rings is 1. The quantitative estimate of drug-likeness (QED) is 0.913. The molecular formula is C15H21FN2O2. The molecule has 1 unspecified atom stereocenters. The summed E-state index contributed by atoms with van der Waals surface area (Å²) in [6, 6.07) is 6.54. The Bertz CT molecular complexity index is 448. The Kier molecular flexibility index (Phi) is 5.09. The van der Waals surface area contributed by atoms with Crippen LogP contribution in [0, 0.1) is 5.82 Å². The normalized spacial score (nSPS) is 19.4. The third kappa shape index (κ3) is 4.02. The van der Waals surface area contributed by atoms with E-state index >= 15 is 0 Å². The first-order valence-electron chi connectivity index (χ1n) is 6.94. The second-order valence-electron chi connectivity index (χ2n) is 5.29. The molecule has 0 spiro atoms. The third-order valence-corrected chi connectivity index (χ3v) is 3.32. The van der Waals surface area contributed by atoms with E-state index in [0.717, 1.165) is 5.56 Å². The molecule has 1 aliphatic rings. The molecule has 0 aliphatic carbocycles. The van der Waals surface area contributed by atoms with Crippen LogP contribution in [0.15, 0.2) is 24.3 Å². The van der Waals surface area contributed by atoms with Crippen LogP contribution in [0.1, 0.15) is 25.5 Å². The number of rotatable bonds is 4. The van der Waals surface area contributed by atoms with Crippen molar-refractivity contribution < 1.29 is 13.9 Å². The third-order valence-electron chi connectivity index (χ3n) is 3.32. The fraction of sp³-hybridized carbons (Fsp3) is 0.533. The maximum Gasteiger partial charge on any atom is 0.236 e. The molecule has 1 aliphatic heterocycles. The zero-order chi connectivity index (χ0) is 14.5. The molecule has 0 saturated carbocycles. The van der Waals surface area contributed by atoms with Crippen molar-refractivity contribution in [1.82, 2.24) is 10.2 Å². The Morgan fingerprint density at radius 3 is 2.80 bits per heavy atom. The summed E-state index contributed by atoms with van der Waals surface area (Å²) in [5, 5.41) is 3.12. The predicted octanol–water partition coefficient (Wildman–Crippen LogP) is 1.72. The van der Waals surface area contributed by atoms with Crippen molar-refractivity contribution in [2.24, 2.45) is 0 Å². The summed E-state index contributed by atoms with van der Waals surface area (Å²) in [4.78, 5) is 13.9. The summed E-state index contributed by atoms with van der Waals surface area (Å²) in [5.41, 5.74) is 0.903. The van der Waals surface area contributed by atoms with E-state index in [1.54, 1.807) is 17.0 Å². The van der Waals surface area contributed by atoms with E-state index in [0.29, 0.717) is 26.2 Å². The van der Waals surface area contributed by atoms with Crippen molar-refractivity contribution in [2.45, 2.75) is 26.0 Å². The molecule has 1 atom stereocenters. The SMILES string of the molecule is CC(C)NCC(=O)N1CCOC(c2ccc(F)cc2)C1. The molecule has 5 heteroatoms. The first-order valence-corrected chi connectivity index (χ1v) is 6.94. The topological polar surface area (TPSA) is 41.6 Å². The Hall–Kier alpha value is -1.46. The number of carbonyl (C=O) groups excluding carboxylic acids is 1. The number of hydrogen-bond acceptors (Lipinski definition) is 3. The zero-order valence-electron chi connectivity index (χ0n) is 11.9. The monoisotopic (exact) mass is 280 g/mol. The van der Waals surface area contributed by atoms with Crippen LogP contribution in [0.4, 0.5) is 4.39 Å². The molecule has 1 aromatic carbocycles. The summed E-state index contributed by atoms with van der Waals surface area (Å²) in [6.07, 6.45) is -0.174. The van der Waals surface area contributed by atoms with E-state index in [2.05, 4.69) is 5.32 Å². The highest BCUT2D eigenvalue weighted by molar-refractivity contribution is 5.78. The van der Waals surface area contributed by atoms with Crippen molar-refractivity contribution in [2.75, 3.05) is 26.2 Å². The van der Waals surface area contributed by atoms with Gasteiger partial charge in [-0.2, -0.15) is 0 Å². The van der Waals surface area contributed by atoms with E-state index in [4.69, 9.17) is 4.74 Å². The first kappa shape index (κ1) is 14.9. The molecule has 1 aromatic rings. The maximum atomic E-state index is 12.9. The Morgan fingerprint density at radius 2 is 2.15 bits per heavy atom. The molecule has 1 heterocycles. The Labute approximate surface area is 118 Å². The molecule has 0 aromatic heterocycles. The molecule has 1 saturated heterocycles. The number of amides is 1. The van der Waals surface area contributed by atoms with Crippen molar-refractivity contribution in [3.05, 3.63) is 35.6 Å². The smallest absolute Gasteiger partial charge is 0.236 e. The van der Waals surface area contributed by atoms with Gasteiger partial charge in [-0.25, -0.2) is 4.39 Å². The lowest BCUT2D eigenvalue weighted by Gasteiger charge is -2.33. The van der Waals surface area contributed by atoms with Gasteiger partial charge in [-0.15, -0.1) is 0 Å². The van der Waals surface area contributed by atoms with E-state index in [1.165, 1.54) is 12.1 Å². The molecule has 4 nitrogen and oxygen atoms in total. The molecule has 1 amide bonds. The van der Waals surface area contributed by atoms with Gasteiger partial charge in [0, 0.05) is 12.6 Å². The molecular weight excluding hydrogens is 259 g/mol. The van der Waals surface area contributed by atoms with Crippen LogP contribution in [0.2, 0.25) is 0 Å². The van der Waals surface area contributed by atoms with Gasteiger partial charge < -0.3 is 15.0 Å². The summed E-state index contributed by atoms with van der Waals surface area (Å²) >= 11 is 0. The Balaban J connectivity index is 1.94. The lowest BCUT2D eigenvalue weighted by molar-refractivity contribution is -0.138. The van der Waals surface area contributed by atoms with Crippen molar-refractivity contribution >= 4 is 5.91 Å². The second-order valence-corrected chi connectivity index (χ2v) is 5.29. The highest BCUT2D eigenvalue weighted by atomic mass is 19.1. The summed E-state index contributed by atoms with van der Waals surface area (Å²) < 4.78 is 18.6. The van der Waals surface area contributed by atoms with Gasteiger partial charge in [-0.1, -0.05) is 26.0 Å². The van der Waals surface area contributed by atoms with Crippen LogP contribution in [0.5, 0.6) is 0 Å². The minimum absolute atomic E-state index is 0.0779. The summed E-state index contributed by atoms with van der Waals surface area (Å²) in [7, 11) is 0. The molecule has 0 radical (unpaired) electrons. The highest BCUT2D eigenvalue weighted by Crippen LogP contribution is 2.22. The van der Waals surface area contributed by atoms with Crippen molar-refractivity contribution in [3.8, 4) is 0 Å². The predicted molar refractivity (Wildman–Crippen MR) is 74.8 cm³/mol. The lowest BCUT2D eigenvalue weighted by Crippen LogP contribution is -2.46. The first-order chi connectivity index (χ1) is 9.56. The average Bonchev–Trinajstić information content (AvgIpc) is 2.45. The molecule has 1 fully saturated rings. The van der Waals surface area contributed by atoms with Gasteiger partial charge in [-0.3, -0.25) is 4.79 Å². The molecule has 110 valence electrons. The standard InChI is InChI=1S/C15H21FN2O2/c1-11(2)17-9-15(19)18-7-8-20-14(10-18)12-3-5-13(16)6-4-12/h3-6,11,14,17H,7-10H2,1-2H3. The largest absolute Gasteiger partial charge is 0.370 e. The Morgan fingerprint density at radius 1 is 1.45 bits per heavy atom. The van der Waals surface area contributed by atoms with Crippen LogP contribution in [-0.4, -0.2) is 43.1 Å². The number of halogens is 1. The summed E-state index contributed by atoms with van der Waals surface area (Å²) in [5.74, 6) is -0.187. The van der Waals surface area contributed by atoms with E-state index < -0.39 is 0 Å². The fourth-order valence-corrected chi connectivity index (χ4v) is 2.16. The molecule has 2 rings (SSSR count). The van der Waals surface area contributed by atoms with E-state index in [1.807, 2.05) is 13.8 Å². The number of carbonyl (C=O) groups is 1. The van der Waals surface area contributed by atoms with Gasteiger partial charge in [0.2, 0.25) is 5.91 Å². The zero-order valence-corrected chi connectivity index (χ0v) is 11.9. The van der Waals surface area contributed by atoms with Crippen LogP contribution in [0.25, 0.3) is 0 Å². The van der Waals surface area contributed by atoms with Gasteiger partial charge in [0.1, 0.15) is 11.9 Å². The van der Waals surface area contributed by atoms with Gasteiger partial charge in [-0.05, 0) is 17.7 Å². The van der Waals surface area contributed by atoms with Crippen LogP contribution < -0.4 is 5.32 Å². The molecule has 20 heavy (non-hydrogen) atoms. The van der Waals surface area contributed by atoms with E-state index in [-0.39, 0.29) is 23.9 Å². The van der Waals surface area contributed by atoms with Gasteiger partial charge in [0.15, 0.2) is 0 Å². The number of ether oxygens (including phenoxy) is 1. The van der Waals surface area contributed by atoms with Crippen LogP contribution in [-0.2, 0) is 9.53 Å².